The zero-order valence-corrected chi connectivity index (χ0v) is 13.1. The number of nitrogens with zero attached hydrogens (tertiary/aromatic N) is 2. The number of halogens is 3. The average molecular weight is 334 g/mol. The minimum Gasteiger partial charge on any atom is -0.372 e. The summed E-state index contributed by atoms with van der Waals surface area (Å²) in [5.74, 6) is -0.547. The summed E-state index contributed by atoms with van der Waals surface area (Å²) in [6, 6.07) is 0. The first-order chi connectivity index (χ1) is 10.8. The normalized spacial score (nSPS) is 23.6. The van der Waals surface area contributed by atoms with Crippen LogP contribution in [-0.4, -0.2) is 67.2 Å². The molecule has 23 heavy (non-hydrogen) atoms. The molecule has 0 radical (unpaired) electrons. The minimum absolute atomic E-state index is 0.0277. The van der Waals surface area contributed by atoms with Crippen LogP contribution in [-0.2, 0) is 14.3 Å². The van der Waals surface area contributed by atoms with Crippen molar-refractivity contribution in [3.8, 4) is 0 Å². The van der Waals surface area contributed by atoms with Gasteiger partial charge in [0.1, 0.15) is 6.10 Å². The second-order valence-electron chi connectivity index (χ2n) is 5.80. The van der Waals surface area contributed by atoms with Gasteiger partial charge in [-0.3, -0.25) is 9.59 Å². The fourth-order valence-corrected chi connectivity index (χ4v) is 2.86. The molecule has 0 aliphatic carbocycles. The number of hydrogen-bond acceptors (Lipinski definition) is 3. The number of carbonyl (C=O) groups is 2. The number of methoxy groups -OCH3 is 1. The van der Waals surface area contributed by atoms with E-state index in [0.29, 0.717) is 13.0 Å². The predicted molar refractivity (Wildman–Crippen MR) is 76.6 cm³/mol. The number of likely N-dealkylation sites (tertiary alicyclic amines) is 1. The number of alkyl halides is 3. The molecule has 0 saturated carbocycles. The van der Waals surface area contributed by atoms with Crippen LogP contribution < -0.4 is 0 Å². The molecule has 0 spiro atoms. The van der Waals surface area contributed by atoms with E-state index in [0.717, 1.165) is 18.9 Å². The predicted octanol–water partition coefficient (Wildman–Crippen LogP) is 1.73. The van der Waals surface area contributed by atoms with Crippen molar-refractivity contribution in [3.63, 3.8) is 0 Å². The van der Waals surface area contributed by atoms with Gasteiger partial charge >= 0.3 is 6.18 Å². The molecular weight excluding hydrogens is 313 g/mol. The third kappa shape index (κ3) is 4.46. The summed E-state index contributed by atoms with van der Waals surface area (Å²) in [6.45, 7) is 0.332. The molecule has 1 saturated heterocycles. The Balaban J connectivity index is 1.94. The van der Waals surface area contributed by atoms with Gasteiger partial charge in [-0.25, -0.2) is 0 Å². The van der Waals surface area contributed by atoms with Crippen molar-refractivity contribution in [1.29, 1.82) is 0 Å². The molecule has 1 atom stereocenters. The number of rotatable bonds is 3. The van der Waals surface area contributed by atoms with Crippen molar-refractivity contribution in [2.45, 2.75) is 38.0 Å². The number of amides is 2. The Kier molecular flexibility index (Phi) is 5.67. The second-order valence-corrected chi connectivity index (χ2v) is 5.80. The van der Waals surface area contributed by atoms with E-state index in [2.05, 4.69) is 0 Å². The Bertz CT molecular complexity index is 491. The van der Waals surface area contributed by atoms with Crippen LogP contribution in [0.1, 0.15) is 25.7 Å². The highest BCUT2D eigenvalue weighted by Gasteiger charge is 2.36. The summed E-state index contributed by atoms with van der Waals surface area (Å²) in [5, 5.41) is 0. The lowest BCUT2D eigenvalue weighted by Gasteiger charge is -2.30. The van der Waals surface area contributed by atoms with Gasteiger partial charge in [0.05, 0.1) is 6.54 Å². The molecule has 0 aromatic heterocycles. The van der Waals surface area contributed by atoms with Gasteiger partial charge in [0, 0.05) is 32.3 Å². The van der Waals surface area contributed by atoms with E-state index >= 15 is 0 Å². The molecule has 0 bridgehead atoms. The van der Waals surface area contributed by atoms with Crippen LogP contribution in [0.15, 0.2) is 11.6 Å². The molecule has 2 rings (SSSR count). The average Bonchev–Trinajstić information content (AvgIpc) is 2.68. The van der Waals surface area contributed by atoms with E-state index in [-0.39, 0.29) is 37.9 Å². The maximum atomic E-state index is 12.6. The summed E-state index contributed by atoms with van der Waals surface area (Å²) in [6.07, 6.45) is -1.77. The summed E-state index contributed by atoms with van der Waals surface area (Å²) in [4.78, 5) is 27.3. The fourth-order valence-electron chi connectivity index (χ4n) is 2.86. The summed E-state index contributed by atoms with van der Waals surface area (Å²) in [5.41, 5.74) is -0.591. The van der Waals surface area contributed by atoms with Gasteiger partial charge in [-0.15, -0.1) is 0 Å². The van der Waals surface area contributed by atoms with E-state index < -0.39 is 17.9 Å². The Morgan fingerprint density at radius 2 is 2.09 bits per heavy atom. The van der Waals surface area contributed by atoms with Crippen LogP contribution in [0, 0.1) is 0 Å². The van der Waals surface area contributed by atoms with Crippen molar-refractivity contribution >= 4 is 11.8 Å². The van der Waals surface area contributed by atoms with Crippen LogP contribution in [0.2, 0.25) is 0 Å². The van der Waals surface area contributed by atoms with E-state index in [1.54, 1.807) is 0 Å². The van der Waals surface area contributed by atoms with Crippen molar-refractivity contribution < 1.29 is 27.5 Å². The first kappa shape index (κ1) is 17.8. The smallest absolute Gasteiger partial charge is 0.372 e. The van der Waals surface area contributed by atoms with E-state index in [1.165, 1.54) is 16.9 Å². The number of hydrogen-bond donors (Lipinski definition) is 0. The first-order valence-corrected chi connectivity index (χ1v) is 7.68. The molecule has 5 nitrogen and oxygen atoms in total. The van der Waals surface area contributed by atoms with Crippen LogP contribution in [0.3, 0.4) is 0 Å². The standard InChI is InChI=1S/C15H21F3N2O3/c1-23-12-4-2-3-7-20(14(12)22)10-13(21)19-8-5-11(6-9-19)15(16,17)18/h5,12H,2-4,6-10H2,1H3. The molecule has 0 aromatic carbocycles. The zero-order valence-electron chi connectivity index (χ0n) is 13.1. The Hall–Kier alpha value is -1.57. The molecule has 130 valence electrons. The van der Waals surface area contributed by atoms with Gasteiger partial charge in [0.25, 0.3) is 5.91 Å². The highest BCUT2D eigenvalue weighted by Crippen LogP contribution is 2.30. The monoisotopic (exact) mass is 334 g/mol. The van der Waals surface area contributed by atoms with E-state index in [9.17, 15) is 22.8 Å². The highest BCUT2D eigenvalue weighted by atomic mass is 19.4. The second kappa shape index (κ2) is 7.33. The Morgan fingerprint density at radius 3 is 2.65 bits per heavy atom. The highest BCUT2D eigenvalue weighted by molar-refractivity contribution is 5.87. The van der Waals surface area contributed by atoms with Crippen molar-refractivity contribution in [3.05, 3.63) is 11.6 Å². The largest absolute Gasteiger partial charge is 0.412 e. The third-order valence-corrected chi connectivity index (χ3v) is 4.27. The number of ether oxygens (including phenoxy) is 1. The van der Waals surface area contributed by atoms with Crippen LogP contribution in [0.5, 0.6) is 0 Å². The minimum atomic E-state index is -4.33. The van der Waals surface area contributed by atoms with Crippen LogP contribution >= 0.6 is 0 Å². The van der Waals surface area contributed by atoms with Crippen LogP contribution in [0.4, 0.5) is 13.2 Å². The SMILES string of the molecule is COC1CCCCN(CC(=O)N2CC=C(C(F)(F)F)CC2)C1=O. The maximum Gasteiger partial charge on any atom is 0.412 e. The maximum absolute atomic E-state index is 12.6. The molecule has 2 heterocycles. The van der Waals surface area contributed by atoms with Crippen molar-refractivity contribution in [1.82, 2.24) is 9.80 Å². The zero-order chi connectivity index (χ0) is 17.0. The van der Waals surface area contributed by atoms with Crippen molar-refractivity contribution in [2.75, 3.05) is 33.3 Å². The van der Waals surface area contributed by atoms with Gasteiger partial charge in [0.2, 0.25) is 5.91 Å². The van der Waals surface area contributed by atoms with E-state index in [1.807, 2.05) is 0 Å². The topological polar surface area (TPSA) is 49.9 Å². The summed E-state index contributed by atoms with van der Waals surface area (Å²) >= 11 is 0. The van der Waals surface area contributed by atoms with Crippen LogP contribution in [0.25, 0.3) is 0 Å². The molecule has 2 aliphatic heterocycles. The molecule has 1 unspecified atom stereocenters. The molecular formula is C15H21F3N2O3. The third-order valence-electron chi connectivity index (χ3n) is 4.27. The summed E-state index contributed by atoms with van der Waals surface area (Å²) < 4.78 is 42.9. The molecule has 2 aliphatic rings. The lowest BCUT2D eigenvalue weighted by molar-refractivity contribution is -0.146. The van der Waals surface area contributed by atoms with Gasteiger partial charge in [-0.1, -0.05) is 6.08 Å². The molecule has 8 heteroatoms. The first-order valence-electron chi connectivity index (χ1n) is 7.68. The fraction of sp³-hybridized carbons (Fsp3) is 0.733. The Morgan fingerprint density at radius 1 is 1.35 bits per heavy atom. The molecule has 2 amide bonds. The quantitative estimate of drug-likeness (QED) is 0.739. The van der Waals surface area contributed by atoms with Gasteiger partial charge in [0.15, 0.2) is 0 Å². The van der Waals surface area contributed by atoms with Gasteiger partial charge in [-0.05, 0) is 25.7 Å². The molecule has 0 N–H and O–H groups in total. The number of carbonyl (C=O) groups excluding carboxylic acids is 2. The molecule has 1 fully saturated rings. The van der Waals surface area contributed by atoms with Gasteiger partial charge in [-0.2, -0.15) is 13.2 Å². The molecule has 0 aromatic rings. The summed E-state index contributed by atoms with van der Waals surface area (Å²) in [7, 11) is 1.46. The van der Waals surface area contributed by atoms with Crippen molar-refractivity contribution in [2.24, 2.45) is 0 Å². The van der Waals surface area contributed by atoms with E-state index in [4.69, 9.17) is 4.74 Å². The lowest BCUT2D eigenvalue weighted by Crippen LogP contribution is -2.47. The van der Waals surface area contributed by atoms with Gasteiger partial charge < -0.3 is 14.5 Å². The Labute approximate surface area is 133 Å². The lowest BCUT2D eigenvalue weighted by atomic mass is 10.1.